The summed E-state index contributed by atoms with van der Waals surface area (Å²) in [6.07, 6.45) is 3.90. The van der Waals surface area contributed by atoms with Gasteiger partial charge >= 0.3 is 5.97 Å². The Balaban J connectivity index is 2.05. The van der Waals surface area contributed by atoms with Crippen LogP contribution in [0.2, 0.25) is 0 Å². The molecule has 3 rings (SSSR count). The normalized spacial score (nSPS) is 33.9. The van der Waals surface area contributed by atoms with Crippen molar-refractivity contribution in [3.63, 3.8) is 0 Å². The van der Waals surface area contributed by atoms with Gasteiger partial charge in [-0.3, -0.25) is 4.79 Å². The molecular formula is C13H14O2. The van der Waals surface area contributed by atoms with E-state index in [1.807, 2.05) is 18.2 Å². The van der Waals surface area contributed by atoms with Crippen molar-refractivity contribution in [2.24, 2.45) is 5.92 Å². The summed E-state index contributed by atoms with van der Waals surface area (Å²) in [7, 11) is 0. The number of carbonyl (C=O) groups excluding carboxylic acids is 1. The quantitative estimate of drug-likeness (QED) is 0.654. The van der Waals surface area contributed by atoms with Gasteiger partial charge < -0.3 is 4.74 Å². The maximum atomic E-state index is 11.4. The molecule has 2 nitrogen and oxygen atoms in total. The molecule has 1 heterocycles. The van der Waals surface area contributed by atoms with Crippen LogP contribution >= 0.6 is 0 Å². The van der Waals surface area contributed by atoms with Crippen molar-refractivity contribution < 1.29 is 9.53 Å². The lowest BCUT2D eigenvalue weighted by atomic mass is 9.84. The number of ether oxygens (including phenoxy) is 1. The lowest BCUT2D eigenvalue weighted by molar-refractivity contribution is -0.149. The van der Waals surface area contributed by atoms with Crippen LogP contribution in [0.4, 0.5) is 0 Å². The summed E-state index contributed by atoms with van der Waals surface area (Å²) < 4.78 is 5.62. The molecule has 0 radical (unpaired) electrons. The zero-order chi connectivity index (χ0) is 10.3. The van der Waals surface area contributed by atoms with E-state index in [0.717, 1.165) is 12.8 Å². The molecule has 0 amide bonds. The number of esters is 1. The van der Waals surface area contributed by atoms with Crippen LogP contribution in [0.5, 0.6) is 0 Å². The van der Waals surface area contributed by atoms with E-state index in [-0.39, 0.29) is 11.6 Å². The minimum atomic E-state index is -0.279. The average molecular weight is 202 g/mol. The molecule has 2 heteroatoms. The third kappa shape index (κ3) is 1.21. The molecule has 0 N–H and O–H groups in total. The summed E-state index contributed by atoms with van der Waals surface area (Å²) >= 11 is 0. The monoisotopic (exact) mass is 202 g/mol. The van der Waals surface area contributed by atoms with Gasteiger partial charge in [0.1, 0.15) is 5.60 Å². The summed E-state index contributed by atoms with van der Waals surface area (Å²) in [5.74, 6) is 0.385. The first-order valence-electron chi connectivity index (χ1n) is 5.59. The Hall–Kier alpha value is -1.31. The predicted molar refractivity (Wildman–Crippen MR) is 56.2 cm³/mol. The van der Waals surface area contributed by atoms with Crippen LogP contribution in [0.3, 0.4) is 0 Å². The minimum absolute atomic E-state index is 0.0245. The maximum absolute atomic E-state index is 11.4. The van der Waals surface area contributed by atoms with E-state index in [1.165, 1.54) is 12.0 Å². The van der Waals surface area contributed by atoms with Crippen LogP contribution in [0, 0.1) is 5.92 Å². The molecule has 2 fully saturated rings. The fourth-order valence-corrected chi connectivity index (χ4v) is 3.05. The first-order valence-corrected chi connectivity index (χ1v) is 5.59. The first kappa shape index (κ1) is 8.96. The van der Waals surface area contributed by atoms with E-state index >= 15 is 0 Å². The fraction of sp³-hybridized carbons (Fsp3) is 0.462. The number of hydrogen-bond acceptors (Lipinski definition) is 2. The first-order chi connectivity index (χ1) is 7.31. The Morgan fingerprint density at radius 2 is 2.07 bits per heavy atom. The van der Waals surface area contributed by atoms with Crippen molar-refractivity contribution in [2.75, 3.05) is 0 Å². The average Bonchev–Trinajstić information content (AvgIpc) is 2.75. The van der Waals surface area contributed by atoms with Gasteiger partial charge in [0.15, 0.2) is 0 Å². The molecular weight excluding hydrogens is 188 g/mol. The largest absolute Gasteiger partial charge is 0.454 e. The molecule has 0 aromatic heterocycles. The number of carbonyl (C=O) groups is 1. The van der Waals surface area contributed by atoms with Gasteiger partial charge in [0.2, 0.25) is 0 Å². The molecule has 15 heavy (non-hydrogen) atoms. The van der Waals surface area contributed by atoms with E-state index < -0.39 is 0 Å². The van der Waals surface area contributed by atoms with Crippen molar-refractivity contribution in [3.05, 3.63) is 35.9 Å². The predicted octanol–water partition coefficient (Wildman–Crippen LogP) is 2.63. The molecule has 2 aliphatic rings. The van der Waals surface area contributed by atoms with E-state index in [4.69, 9.17) is 4.74 Å². The number of fused-ring (bicyclic) bond motifs is 1. The van der Waals surface area contributed by atoms with Gasteiger partial charge in [-0.2, -0.15) is 0 Å². The summed E-state index contributed by atoms with van der Waals surface area (Å²) in [6, 6.07) is 10.2. The van der Waals surface area contributed by atoms with Crippen LogP contribution in [0.25, 0.3) is 0 Å². The van der Waals surface area contributed by atoms with Gasteiger partial charge in [0.05, 0.1) is 6.42 Å². The molecule has 0 bridgehead atoms. The SMILES string of the molecule is O=C1C[C@H]2CCC[C@]2(c2ccccc2)O1. The van der Waals surface area contributed by atoms with E-state index in [0.29, 0.717) is 12.3 Å². The van der Waals surface area contributed by atoms with Gasteiger partial charge in [-0.15, -0.1) is 0 Å². The third-order valence-corrected chi connectivity index (χ3v) is 3.73. The molecule has 0 spiro atoms. The molecule has 1 aromatic rings. The molecule has 1 aliphatic carbocycles. The summed E-state index contributed by atoms with van der Waals surface area (Å²) in [5.41, 5.74) is 0.900. The van der Waals surface area contributed by atoms with Crippen molar-refractivity contribution in [2.45, 2.75) is 31.3 Å². The molecule has 1 aliphatic heterocycles. The van der Waals surface area contributed by atoms with Gasteiger partial charge in [-0.1, -0.05) is 30.3 Å². The van der Waals surface area contributed by atoms with Crippen LogP contribution in [0.1, 0.15) is 31.2 Å². The lowest BCUT2D eigenvalue weighted by Gasteiger charge is -2.28. The Bertz CT molecular complexity index is 385. The molecule has 1 aromatic carbocycles. The standard InChI is InChI=1S/C13H14O2/c14-12-9-11-7-4-8-13(11,15-12)10-5-2-1-3-6-10/h1-3,5-6,11H,4,7-9H2/t11-,13-/m1/s1. The van der Waals surface area contributed by atoms with Crippen LogP contribution in [-0.4, -0.2) is 5.97 Å². The van der Waals surface area contributed by atoms with Crippen LogP contribution in [0.15, 0.2) is 30.3 Å². The highest BCUT2D eigenvalue weighted by Gasteiger charge is 2.52. The molecule has 2 atom stereocenters. The van der Waals surface area contributed by atoms with Gasteiger partial charge in [-0.25, -0.2) is 0 Å². The Morgan fingerprint density at radius 1 is 1.27 bits per heavy atom. The fourth-order valence-electron chi connectivity index (χ4n) is 3.05. The summed E-state index contributed by atoms with van der Waals surface area (Å²) in [6.45, 7) is 0. The zero-order valence-corrected chi connectivity index (χ0v) is 8.61. The molecule has 1 saturated carbocycles. The highest BCUT2D eigenvalue weighted by atomic mass is 16.6. The van der Waals surface area contributed by atoms with Gasteiger partial charge in [0.25, 0.3) is 0 Å². The van der Waals surface area contributed by atoms with Crippen molar-refractivity contribution in [1.82, 2.24) is 0 Å². The van der Waals surface area contributed by atoms with E-state index in [9.17, 15) is 4.79 Å². The smallest absolute Gasteiger partial charge is 0.307 e. The summed E-state index contributed by atoms with van der Waals surface area (Å²) in [4.78, 5) is 11.4. The summed E-state index contributed by atoms with van der Waals surface area (Å²) in [5, 5.41) is 0. The molecule has 1 saturated heterocycles. The van der Waals surface area contributed by atoms with Gasteiger partial charge in [-0.05, 0) is 24.8 Å². The van der Waals surface area contributed by atoms with E-state index in [1.54, 1.807) is 0 Å². The highest BCUT2D eigenvalue weighted by molar-refractivity contribution is 5.73. The van der Waals surface area contributed by atoms with Crippen molar-refractivity contribution in [1.29, 1.82) is 0 Å². The minimum Gasteiger partial charge on any atom is -0.454 e. The number of rotatable bonds is 1. The third-order valence-electron chi connectivity index (χ3n) is 3.73. The molecule has 78 valence electrons. The van der Waals surface area contributed by atoms with Crippen molar-refractivity contribution in [3.8, 4) is 0 Å². The van der Waals surface area contributed by atoms with Crippen LogP contribution < -0.4 is 0 Å². The second kappa shape index (κ2) is 3.09. The molecule has 0 unspecified atom stereocenters. The number of hydrogen-bond donors (Lipinski definition) is 0. The topological polar surface area (TPSA) is 26.3 Å². The van der Waals surface area contributed by atoms with Gasteiger partial charge in [0, 0.05) is 5.92 Å². The Labute approximate surface area is 89.2 Å². The Morgan fingerprint density at radius 3 is 2.87 bits per heavy atom. The zero-order valence-electron chi connectivity index (χ0n) is 8.61. The second-order valence-corrected chi connectivity index (χ2v) is 4.52. The maximum Gasteiger partial charge on any atom is 0.307 e. The van der Waals surface area contributed by atoms with E-state index in [2.05, 4.69) is 12.1 Å². The highest BCUT2D eigenvalue weighted by Crippen LogP contribution is 2.52. The van der Waals surface area contributed by atoms with Crippen LogP contribution in [-0.2, 0) is 15.1 Å². The lowest BCUT2D eigenvalue weighted by Crippen LogP contribution is -2.27. The number of benzene rings is 1. The second-order valence-electron chi connectivity index (χ2n) is 4.52. The van der Waals surface area contributed by atoms with Crippen molar-refractivity contribution >= 4 is 5.97 Å². The Kier molecular flexibility index (Phi) is 1.84.